The quantitative estimate of drug-likeness (QED) is 0.737. The van der Waals surface area contributed by atoms with Crippen molar-refractivity contribution >= 4 is 33.9 Å². The van der Waals surface area contributed by atoms with Gasteiger partial charge in [-0.2, -0.15) is 0 Å². The van der Waals surface area contributed by atoms with E-state index >= 15 is 0 Å². The van der Waals surface area contributed by atoms with Crippen molar-refractivity contribution in [2.75, 3.05) is 7.11 Å². The Balaban J connectivity index is 2.61. The molecule has 1 aromatic carbocycles. The molecule has 0 saturated heterocycles. The van der Waals surface area contributed by atoms with E-state index in [0.717, 1.165) is 10.0 Å². The van der Waals surface area contributed by atoms with Gasteiger partial charge in [0.25, 0.3) is 0 Å². The van der Waals surface area contributed by atoms with Crippen LogP contribution in [0.1, 0.15) is 25.3 Å². The van der Waals surface area contributed by atoms with Crippen LogP contribution in [0.5, 0.6) is 5.75 Å². The molecule has 1 aromatic rings. The molecule has 2 N–H and O–H groups in total. The molecule has 0 saturated carbocycles. The third-order valence-corrected chi connectivity index (χ3v) is 3.28. The zero-order valence-corrected chi connectivity index (χ0v) is 13.5. The van der Waals surface area contributed by atoms with Gasteiger partial charge in [-0.3, -0.25) is 9.59 Å². The van der Waals surface area contributed by atoms with Crippen LogP contribution in [0, 0.1) is 0 Å². The molecule has 0 aliphatic carbocycles. The van der Waals surface area contributed by atoms with Crippen molar-refractivity contribution in [3.63, 3.8) is 0 Å². The molecule has 6 heteroatoms. The maximum atomic E-state index is 11.8. The molecule has 5 nitrogen and oxygen atoms in total. The van der Waals surface area contributed by atoms with Gasteiger partial charge >= 0.3 is 5.97 Å². The second-order valence-electron chi connectivity index (χ2n) is 4.56. The van der Waals surface area contributed by atoms with Crippen LogP contribution in [0.15, 0.2) is 28.7 Å². The third-order valence-electron chi connectivity index (χ3n) is 2.79. The van der Waals surface area contributed by atoms with Crippen LogP contribution in [0.2, 0.25) is 0 Å². The Labute approximate surface area is 132 Å². The van der Waals surface area contributed by atoms with Gasteiger partial charge in [0.1, 0.15) is 5.75 Å². The van der Waals surface area contributed by atoms with Crippen LogP contribution in [-0.2, 0) is 9.59 Å². The van der Waals surface area contributed by atoms with Gasteiger partial charge in [-0.1, -0.05) is 15.9 Å². The fourth-order valence-electron chi connectivity index (χ4n) is 1.70. The molecule has 0 bridgehead atoms. The average molecular weight is 356 g/mol. The van der Waals surface area contributed by atoms with Crippen molar-refractivity contribution in [3.8, 4) is 5.75 Å². The van der Waals surface area contributed by atoms with Gasteiger partial charge in [0.2, 0.25) is 5.91 Å². The highest BCUT2D eigenvalue weighted by Crippen LogP contribution is 2.23. The highest BCUT2D eigenvalue weighted by molar-refractivity contribution is 9.10. The predicted molar refractivity (Wildman–Crippen MR) is 84.2 cm³/mol. The van der Waals surface area contributed by atoms with Gasteiger partial charge < -0.3 is 15.2 Å². The Morgan fingerprint density at radius 1 is 1.48 bits per heavy atom. The maximum Gasteiger partial charge on any atom is 0.303 e. The van der Waals surface area contributed by atoms with Crippen LogP contribution in [0.3, 0.4) is 0 Å². The summed E-state index contributed by atoms with van der Waals surface area (Å²) in [4.78, 5) is 22.2. The van der Waals surface area contributed by atoms with Gasteiger partial charge in [0, 0.05) is 28.6 Å². The molecule has 1 rings (SSSR count). The molecule has 21 heavy (non-hydrogen) atoms. The number of carbonyl (C=O) groups excluding carboxylic acids is 1. The summed E-state index contributed by atoms with van der Waals surface area (Å²) in [6.07, 6.45) is 3.49. The van der Waals surface area contributed by atoms with E-state index in [1.807, 2.05) is 12.1 Å². The Morgan fingerprint density at radius 3 is 2.81 bits per heavy atom. The smallest absolute Gasteiger partial charge is 0.303 e. The average Bonchev–Trinajstić information content (AvgIpc) is 2.43. The van der Waals surface area contributed by atoms with Crippen molar-refractivity contribution < 1.29 is 19.4 Å². The van der Waals surface area contributed by atoms with E-state index in [4.69, 9.17) is 9.84 Å². The van der Waals surface area contributed by atoms with E-state index in [0.29, 0.717) is 12.2 Å². The number of aliphatic carboxylic acids is 1. The summed E-state index contributed by atoms with van der Waals surface area (Å²) < 4.78 is 6.10. The standard InChI is InChI=1S/C15H18BrNO4/c1-10(3-8-15(19)20)17-14(18)7-4-11-9-12(16)5-6-13(11)21-2/h4-7,9-10H,3,8H2,1-2H3,(H,17,18)(H,19,20). The molecule has 0 spiro atoms. The summed E-state index contributed by atoms with van der Waals surface area (Å²) in [6.45, 7) is 1.77. The van der Waals surface area contributed by atoms with Crippen LogP contribution in [-0.4, -0.2) is 30.1 Å². The number of ether oxygens (including phenoxy) is 1. The summed E-state index contributed by atoms with van der Waals surface area (Å²) in [5.41, 5.74) is 0.778. The minimum absolute atomic E-state index is 0.0324. The van der Waals surface area contributed by atoms with E-state index in [1.54, 1.807) is 26.2 Å². The lowest BCUT2D eigenvalue weighted by Crippen LogP contribution is -2.31. The van der Waals surface area contributed by atoms with Gasteiger partial charge in [-0.05, 0) is 37.6 Å². The molecular formula is C15H18BrNO4. The molecule has 0 heterocycles. The highest BCUT2D eigenvalue weighted by atomic mass is 79.9. The lowest BCUT2D eigenvalue weighted by Gasteiger charge is -2.10. The molecule has 1 amide bonds. The molecule has 0 fully saturated rings. The molecule has 1 unspecified atom stereocenters. The molecule has 0 aliphatic heterocycles. The van der Waals surface area contributed by atoms with Crippen LogP contribution >= 0.6 is 15.9 Å². The molecule has 1 atom stereocenters. The number of amides is 1. The molecule has 0 aromatic heterocycles. The van der Waals surface area contributed by atoms with Crippen molar-refractivity contribution in [3.05, 3.63) is 34.3 Å². The van der Waals surface area contributed by atoms with Gasteiger partial charge in [-0.25, -0.2) is 0 Å². The summed E-state index contributed by atoms with van der Waals surface area (Å²) in [5.74, 6) is -0.471. The Hall–Kier alpha value is -1.82. The number of carboxylic acid groups (broad SMARTS) is 1. The maximum absolute atomic E-state index is 11.8. The van der Waals surface area contributed by atoms with Crippen LogP contribution in [0.4, 0.5) is 0 Å². The SMILES string of the molecule is COc1ccc(Br)cc1C=CC(=O)NC(C)CCC(=O)O. The number of carbonyl (C=O) groups is 2. The fraction of sp³-hybridized carbons (Fsp3) is 0.333. The van der Waals surface area contributed by atoms with Crippen LogP contribution in [0.25, 0.3) is 6.08 Å². The number of hydrogen-bond donors (Lipinski definition) is 2. The lowest BCUT2D eigenvalue weighted by atomic mass is 10.1. The number of nitrogens with one attached hydrogen (secondary N) is 1. The summed E-state index contributed by atoms with van der Waals surface area (Å²) >= 11 is 3.36. The minimum Gasteiger partial charge on any atom is -0.496 e. The van der Waals surface area contributed by atoms with Crippen molar-refractivity contribution in [1.29, 1.82) is 0 Å². The number of rotatable bonds is 7. The number of methoxy groups -OCH3 is 1. The first-order valence-electron chi connectivity index (χ1n) is 6.46. The lowest BCUT2D eigenvalue weighted by molar-refractivity contribution is -0.137. The number of hydrogen-bond acceptors (Lipinski definition) is 3. The normalized spacial score (nSPS) is 12.1. The van der Waals surface area contributed by atoms with E-state index in [-0.39, 0.29) is 18.4 Å². The van der Waals surface area contributed by atoms with Gasteiger partial charge in [0.15, 0.2) is 0 Å². The first-order valence-corrected chi connectivity index (χ1v) is 7.25. The largest absolute Gasteiger partial charge is 0.496 e. The van der Waals surface area contributed by atoms with Gasteiger partial charge in [-0.15, -0.1) is 0 Å². The number of halogens is 1. The summed E-state index contributed by atoms with van der Waals surface area (Å²) in [7, 11) is 1.56. The molecule has 0 aliphatic rings. The minimum atomic E-state index is -0.870. The monoisotopic (exact) mass is 355 g/mol. The molecule has 114 valence electrons. The third kappa shape index (κ3) is 6.44. The number of carboxylic acids is 1. The van der Waals surface area contributed by atoms with Crippen molar-refractivity contribution in [1.82, 2.24) is 5.32 Å². The summed E-state index contributed by atoms with van der Waals surface area (Å²) in [6, 6.07) is 5.31. The predicted octanol–water partition coefficient (Wildman–Crippen LogP) is 2.84. The highest BCUT2D eigenvalue weighted by Gasteiger charge is 2.07. The first-order chi connectivity index (χ1) is 9.92. The Bertz CT molecular complexity index is 542. The van der Waals surface area contributed by atoms with E-state index in [9.17, 15) is 9.59 Å². The topological polar surface area (TPSA) is 75.6 Å². The Kier molecular flexibility index (Phi) is 6.94. The van der Waals surface area contributed by atoms with Crippen molar-refractivity contribution in [2.24, 2.45) is 0 Å². The second kappa shape index (κ2) is 8.46. The molecular weight excluding hydrogens is 338 g/mol. The zero-order valence-electron chi connectivity index (χ0n) is 11.9. The Morgan fingerprint density at radius 2 is 2.19 bits per heavy atom. The summed E-state index contributed by atoms with van der Waals surface area (Å²) in [5, 5.41) is 11.3. The first kappa shape index (κ1) is 17.2. The van der Waals surface area contributed by atoms with Gasteiger partial charge in [0.05, 0.1) is 7.11 Å². The number of benzene rings is 1. The van der Waals surface area contributed by atoms with E-state index in [2.05, 4.69) is 21.2 Å². The van der Waals surface area contributed by atoms with E-state index in [1.165, 1.54) is 6.08 Å². The van der Waals surface area contributed by atoms with E-state index < -0.39 is 5.97 Å². The fourth-order valence-corrected chi connectivity index (χ4v) is 2.08. The van der Waals surface area contributed by atoms with Crippen LogP contribution < -0.4 is 10.1 Å². The zero-order chi connectivity index (χ0) is 15.8. The second-order valence-corrected chi connectivity index (χ2v) is 5.48. The van der Waals surface area contributed by atoms with Crippen molar-refractivity contribution in [2.45, 2.75) is 25.8 Å². The molecule has 0 radical (unpaired) electrons.